The van der Waals surface area contributed by atoms with Gasteiger partial charge in [0.25, 0.3) is 0 Å². The van der Waals surface area contributed by atoms with Gasteiger partial charge in [0, 0.05) is 18.7 Å². The van der Waals surface area contributed by atoms with Gasteiger partial charge in [-0.25, -0.2) is 8.42 Å². The number of likely N-dealkylation sites (N-methyl/N-ethyl adjacent to an activating group) is 1. The van der Waals surface area contributed by atoms with Gasteiger partial charge in [-0.2, -0.15) is 4.31 Å². The van der Waals surface area contributed by atoms with Crippen molar-refractivity contribution in [1.82, 2.24) is 9.21 Å². The van der Waals surface area contributed by atoms with E-state index in [1.54, 1.807) is 0 Å². The third-order valence-corrected chi connectivity index (χ3v) is 7.71. The number of nitrogens with zero attached hydrogens (tertiary/aromatic N) is 2. The fraction of sp³-hybridized carbons (Fsp3) is 0.619. The normalized spacial score (nSPS) is 24.2. The van der Waals surface area contributed by atoms with Crippen molar-refractivity contribution in [2.45, 2.75) is 63.0 Å². The average Bonchev–Trinajstić information content (AvgIpc) is 2.74. The summed E-state index contributed by atoms with van der Waals surface area (Å²) in [5.74, 6) is -0.571. The lowest BCUT2D eigenvalue weighted by Gasteiger charge is -2.36. The summed E-state index contributed by atoms with van der Waals surface area (Å²) in [4.78, 5) is 26.7. The fourth-order valence-corrected chi connectivity index (χ4v) is 5.71. The monoisotopic (exact) mass is 422 g/mol. The van der Waals surface area contributed by atoms with Crippen LogP contribution in [-0.4, -0.2) is 67.7 Å². The Labute approximate surface area is 173 Å². The lowest BCUT2D eigenvalue weighted by molar-refractivity contribution is -0.157. The fourth-order valence-electron chi connectivity index (χ4n) is 4.06. The Kier molecular flexibility index (Phi) is 7.08. The summed E-state index contributed by atoms with van der Waals surface area (Å²) >= 11 is 0. The third kappa shape index (κ3) is 5.05. The van der Waals surface area contributed by atoms with Crippen LogP contribution in [0.1, 0.15) is 56.3 Å². The molecule has 1 aromatic carbocycles. The maximum Gasteiger partial charge on any atom is 0.324 e. The topological polar surface area (TPSA) is 84.0 Å². The Morgan fingerprint density at radius 3 is 2.45 bits per heavy atom. The number of Topliss-reactive ketones (excluding diaryl/α,β-unsaturated/α-hetero) is 1. The first-order valence-electron chi connectivity index (χ1n) is 10.4. The Morgan fingerprint density at radius 1 is 1.07 bits per heavy atom. The highest BCUT2D eigenvalue weighted by atomic mass is 32.2. The number of ketones is 1. The minimum Gasteiger partial charge on any atom is -0.460 e. The van der Waals surface area contributed by atoms with Crippen molar-refractivity contribution >= 4 is 21.8 Å². The molecule has 160 valence electrons. The quantitative estimate of drug-likeness (QED) is 0.517. The van der Waals surface area contributed by atoms with E-state index in [9.17, 15) is 18.0 Å². The molecule has 8 heteroatoms. The molecular formula is C21H30N2O5S. The van der Waals surface area contributed by atoms with Crippen LogP contribution < -0.4 is 0 Å². The van der Waals surface area contributed by atoms with Crippen LogP contribution in [0.2, 0.25) is 0 Å². The predicted octanol–water partition coefficient (Wildman–Crippen LogP) is 2.46. The van der Waals surface area contributed by atoms with E-state index >= 15 is 0 Å². The molecule has 2 fully saturated rings. The van der Waals surface area contributed by atoms with Gasteiger partial charge in [0.15, 0.2) is 5.78 Å². The van der Waals surface area contributed by atoms with Crippen molar-refractivity contribution < 1.29 is 22.7 Å². The van der Waals surface area contributed by atoms with Crippen LogP contribution in [0.3, 0.4) is 0 Å². The van der Waals surface area contributed by atoms with Gasteiger partial charge in [-0.3, -0.25) is 14.5 Å². The van der Waals surface area contributed by atoms with Gasteiger partial charge < -0.3 is 4.74 Å². The van der Waals surface area contributed by atoms with E-state index in [1.807, 2.05) is 0 Å². The maximum absolute atomic E-state index is 13.2. The highest BCUT2D eigenvalue weighted by Crippen LogP contribution is 2.27. The van der Waals surface area contributed by atoms with E-state index in [2.05, 4.69) is 11.8 Å². The number of esters is 1. The molecule has 1 aromatic rings. The van der Waals surface area contributed by atoms with E-state index < -0.39 is 22.0 Å². The molecule has 2 aliphatic rings. The van der Waals surface area contributed by atoms with Crippen molar-refractivity contribution in [3.05, 3.63) is 29.8 Å². The smallest absolute Gasteiger partial charge is 0.324 e. The summed E-state index contributed by atoms with van der Waals surface area (Å²) in [6, 6.07) is 5.09. The summed E-state index contributed by atoms with van der Waals surface area (Å²) < 4.78 is 33.4. The van der Waals surface area contributed by atoms with Gasteiger partial charge >= 0.3 is 5.97 Å². The van der Waals surface area contributed by atoms with Crippen LogP contribution in [0.25, 0.3) is 0 Å². The summed E-state index contributed by atoms with van der Waals surface area (Å²) in [5.41, 5.74) is 0.455. The van der Waals surface area contributed by atoms with Crippen molar-refractivity contribution in [2.75, 3.05) is 26.2 Å². The van der Waals surface area contributed by atoms with Gasteiger partial charge in [-0.15, -0.1) is 0 Å². The van der Waals surface area contributed by atoms with Gasteiger partial charge in [0.2, 0.25) is 10.0 Å². The molecule has 2 aliphatic heterocycles. The molecule has 0 spiro atoms. The number of rotatable bonds is 6. The maximum atomic E-state index is 13.2. The zero-order valence-electron chi connectivity index (χ0n) is 17.2. The van der Waals surface area contributed by atoms with E-state index in [-0.39, 0.29) is 16.8 Å². The SMILES string of the molecule is CCN1CCCC(OC(=O)C2CCCCN2S(=O)(=O)c2ccc(C(C)=O)cc2)C1. The van der Waals surface area contributed by atoms with Gasteiger partial charge in [0.05, 0.1) is 4.90 Å². The van der Waals surface area contributed by atoms with Crippen LogP contribution in [0.5, 0.6) is 0 Å². The first-order valence-corrected chi connectivity index (χ1v) is 11.8. The van der Waals surface area contributed by atoms with Crippen LogP contribution in [-0.2, 0) is 19.6 Å². The van der Waals surface area contributed by atoms with Crippen LogP contribution >= 0.6 is 0 Å². The van der Waals surface area contributed by atoms with Crippen molar-refractivity contribution in [1.29, 1.82) is 0 Å². The zero-order chi connectivity index (χ0) is 21.0. The van der Waals surface area contributed by atoms with Crippen molar-refractivity contribution in [3.63, 3.8) is 0 Å². The Balaban J connectivity index is 1.75. The molecule has 2 atom stereocenters. The standard InChI is InChI=1S/C21H30N2O5S/c1-3-22-13-6-7-18(15-22)28-21(25)20-8-4-5-14-23(20)29(26,27)19-11-9-17(10-12-19)16(2)24/h9-12,18,20H,3-8,13-15H2,1-2H3. The van der Waals surface area contributed by atoms with E-state index in [0.717, 1.165) is 32.4 Å². The lowest BCUT2D eigenvalue weighted by atomic mass is 10.0. The second kappa shape index (κ2) is 9.36. The Morgan fingerprint density at radius 2 is 1.79 bits per heavy atom. The second-order valence-electron chi connectivity index (χ2n) is 7.80. The summed E-state index contributed by atoms with van der Waals surface area (Å²) in [6.45, 7) is 6.43. The molecule has 0 radical (unpaired) electrons. The number of benzene rings is 1. The van der Waals surface area contributed by atoms with Crippen LogP contribution in [0.15, 0.2) is 29.2 Å². The van der Waals surface area contributed by atoms with Crippen molar-refractivity contribution in [2.24, 2.45) is 0 Å². The largest absolute Gasteiger partial charge is 0.460 e. The Hall–Kier alpha value is -1.77. The molecule has 0 N–H and O–H groups in total. The molecular weight excluding hydrogens is 392 g/mol. The molecule has 7 nitrogen and oxygen atoms in total. The minimum absolute atomic E-state index is 0.0945. The number of sulfonamides is 1. The van der Waals surface area contributed by atoms with Crippen LogP contribution in [0.4, 0.5) is 0 Å². The van der Waals surface area contributed by atoms with Crippen molar-refractivity contribution in [3.8, 4) is 0 Å². The van der Waals surface area contributed by atoms with Gasteiger partial charge in [0.1, 0.15) is 12.1 Å². The molecule has 2 unspecified atom stereocenters. The number of hydrogen-bond donors (Lipinski definition) is 0. The number of carbonyl (C=O) groups is 2. The molecule has 0 saturated carbocycles. The number of piperidine rings is 2. The van der Waals surface area contributed by atoms with E-state index in [0.29, 0.717) is 31.5 Å². The second-order valence-corrected chi connectivity index (χ2v) is 9.69. The number of likely N-dealkylation sites (tertiary alicyclic amines) is 1. The van der Waals surface area contributed by atoms with E-state index in [1.165, 1.54) is 35.5 Å². The van der Waals surface area contributed by atoms with Crippen LogP contribution in [0, 0.1) is 0 Å². The molecule has 2 saturated heterocycles. The number of carbonyl (C=O) groups excluding carboxylic acids is 2. The predicted molar refractivity (Wildman–Crippen MR) is 109 cm³/mol. The first kappa shape index (κ1) is 21.9. The highest BCUT2D eigenvalue weighted by molar-refractivity contribution is 7.89. The molecule has 0 bridgehead atoms. The lowest BCUT2D eigenvalue weighted by Crippen LogP contribution is -2.50. The molecule has 29 heavy (non-hydrogen) atoms. The number of hydrogen-bond acceptors (Lipinski definition) is 6. The Bertz CT molecular complexity index is 837. The average molecular weight is 423 g/mol. The molecule has 2 heterocycles. The van der Waals surface area contributed by atoms with Gasteiger partial charge in [-0.1, -0.05) is 19.1 Å². The molecule has 3 rings (SSSR count). The highest BCUT2D eigenvalue weighted by Gasteiger charge is 2.39. The number of ether oxygens (including phenoxy) is 1. The summed E-state index contributed by atoms with van der Waals surface area (Å²) in [6.07, 6.45) is 3.57. The minimum atomic E-state index is -3.84. The molecule has 0 amide bonds. The van der Waals surface area contributed by atoms with Gasteiger partial charge in [-0.05, 0) is 64.3 Å². The first-order chi connectivity index (χ1) is 13.8. The summed E-state index contributed by atoms with van der Waals surface area (Å²) in [5, 5.41) is 0. The molecule has 0 aliphatic carbocycles. The van der Waals surface area contributed by atoms with E-state index in [4.69, 9.17) is 4.74 Å². The third-order valence-electron chi connectivity index (χ3n) is 5.79. The zero-order valence-corrected chi connectivity index (χ0v) is 18.0. The summed E-state index contributed by atoms with van der Waals surface area (Å²) in [7, 11) is -3.84. The molecule has 0 aromatic heterocycles.